The molecule has 1 atom stereocenters. The smallest absolute Gasteiger partial charge is 0.142 e. The van der Waals surface area contributed by atoms with E-state index in [2.05, 4.69) is 16.5 Å². The quantitative estimate of drug-likeness (QED) is 0.894. The van der Waals surface area contributed by atoms with E-state index in [0.29, 0.717) is 10.8 Å². The van der Waals surface area contributed by atoms with Gasteiger partial charge in [0.05, 0.1) is 5.69 Å². The van der Waals surface area contributed by atoms with Crippen LogP contribution in [0, 0.1) is 18.3 Å². The summed E-state index contributed by atoms with van der Waals surface area (Å²) in [4.78, 5) is 0. The van der Waals surface area contributed by atoms with Gasteiger partial charge in [-0.2, -0.15) is 22.1 Å². The standard InChI is InChI=1S/C12H18N4S/c1-9-11(7-13)12(16(2)15-9)14-8-10-5-3-4-6-17-10/h10,14H,3-6,8H2,1-2H3. The van der Waals surface area contributed by atoms with Crippen LogP contribution in [-0.4, -0.2) is 27.3 Å². The number of nitrogens with zero attached hydrogens (tertiary/aromatic N) is 3. The number of hydrogen-bond donors (Lipinski definition) is 1. The molecule has 0 radical (unpaired) electrons. The zero-order valence-electron chi connectivity index (χ0n) is 10.4. The summed E-state index contributed by atoms with van der Waals surface area (Å²) in [6.45, 7) is 2.80. The van der Waals surface area contributed by atoms with Crippen molar-refractivity contribution >= 4 is 17.6 Å². The van der Waals surface area contributed by atoms with Crippen molar-refractivity contribution in [2.45, 2.75) is 31.4 Å². The Morgan fingerprint density at radius 3 is 3.06 bits per heavy atom. The highest BCUT2D eigenvalue weighted by Crippen LogP contribution is 2.26. The van der Waals surface area contributed by atoms with Crippen molar-refractivity contribution in [3.63, 3.8) is 0 Å². The average Bonchev–Trinajstić information content (AvgIpc) is 2.62. The zero-order chi connectivity index (χ0) is 12.3. The van der Waals surface area contributed by atoms with Gasteiger partial charge in [0.25, 0.3) is 0 Å². The molecule has 4 nitrogen and oxygen atoms in total. The number of rotatable bonds is 3. The van der Waals surface area contributed by atoms with E-state index in [4.69, 9.17) is 5.26 Å². The van der Waals surface area contributed by atoms with Crippen molar-refractivity contribution in [2.75, 3.05) is 17.6 Å². The summed E-state index contributed by atoms with van der Waals surface area (Å²) < 4.78 is 1.77. The predicted octanol–water partition coefficient (Wildman–Crippen LogP) is 2.30. The SMILES string of the molecule is Cc1nn(C)c(NCC2CCCCS2)c1C#N. The summed E-state index contributed by atoms with van der Waals surface area (Å²) in [6.07, 6.45) is 3.95. The van der Waals surface area contributed by atoms with E-state index < -0.39 is 0 Å². The molecule has 1 aromatic rings. The third-order valence-electron chi connectivity index (χ3n) is 3.11. The predicted molar refractivity (Wildman–Crippen MR) is 71.2 cm³/mol. The van der Waals surface area contributed by atoms with Gasteiger partial charge < -0.3 is 5.32 Å². The Balaban J connectivity index is 2.01. The maximum Gasteiger partial charge on any atom is 0.142 e. The fraction of sp³-hybridized carbons (Fsp3) is 0.667. The second kappa shape index (κ2) is 5.46. The molecule has 0 spiro atoms. The molecule has 0 bridgehead atoms. The molecule has 2 rings (SSSR count). The molecule has 0 amide bonds. The van der Waals surface area contributed by atoms with Crippen LogP contribution < -0.4 is 5.32 Å². The Labute approximate surface area is 106 Å². The van der Waals surface area contributed by atoms with Crippen LogP contribution in [0.25, 0.3) is 0 Å². The van der Waals surface area contributed by atoms with Crippen molar-refractivity contribution in [3.8, 4) is 6.07 Å². The topological polar surface area (TPSA) is 53.6 Å². The number of aromatic nitrogens is 2. The number of hydrogen-bond acceptors (Lipinski definition) is 4. The molecule has 1 saturated heterocycles. The van der Waals surface area contributed by atoms with Crippen molar-refractivity contribution in [2.24, 2.45) is 7.05 Å². The van der Waals surface area contributed by atoms with Crippen LogP contribution in [-0.2, 0) is 7.05 Å². The Morgan fingerprint density at radius 1 is 1.59 bits per heavy atom. The molecular formula is C12H18N4S. The fourth-order valence-electron chi connectivity index (χ4n) is 2.17. The highest BCUT2D eigenvalue weighted by Gasteiger charge is 2.17. The van der Waals surface area contributed by atoms with Crippen LogP contribution in [0.3, 0.4) is 0 Å². The summed E-state index contributed by atoms with van der Waals surface area (Å²) in [5.41, 5.74) is 1.47. The van der Waals surface area contributed by atoms with E-state index in [1.807, 2.05) is 25.7 Å². The lowest BCUT2D eigenvalue weighted by Gasteiger charge is -2.21. The number of nitrogens with one attached hydrogen (secondary N) is 1. The van der Waals surface area contributed by atoms with Gasteiger partial charge in [-0.05, 0) is 25.5 Å². The Bertz CT molecular complexity index is 426. The lowest BCUT2D eigenvalue weighted by Crippen LogP contribution is -2.21. The normalized spacial score (nSPS) is 19.9. The van der Waals surface area contributed by atoms with Gasteiger partial charge in [0.1, 0.15) is 17.5 Å². The van der Waals surface area contributed by atoms with Crippen LogP contribution in [0.5, 0.6) is 0 Å². The Hall–Kier alpha value is -1.15. The van der Waals surface area contributed by atoms with Gasteiger partial charge in [-0.15, -0.1) is 0 Å². The van der Waals surface area contributed by atoms with Crippen molar-refractivity contribution in [3.05, 3.63) is 11.3 Å². The monoisotopic (exact) mass is 250 g/mol. The molecule has 2 heterocycles. The van der Waals surface area contributed by atoms with Gasteiger partial charge in [-0.3, -0.25) is 4.68 Å². The largest absolute Gasteiger partial charge is 0.368 e. The minimum Gasteiger partial charge on any atom is -0.368 e. The summed E-state index contributed by atoms with van der Waals surface area (Å²) in [5, 5.41) is 17.4. The number of anilines is 1. The van der Waals surface area contributed by atoms with Crippen molar-refractivity contribution in [1.29, 1.82) is 5.26 Å². The highest BCUT2D eigenvalue weighted by molar-refractivity contribution is 7.99. The molecule has 1 aromatic heterocycles. The summed E-state index contributed by atoms with van der Waals surface area (Å²) >= 11 is 2.03. The van der Waals surface area contributed by atoms with Gasteiger partial charge in [0, 0.05) is 18.8 Å². The summed E-state index contributed by atoms with van der Waals surface area (Å²) in [6, 6.07) is 2.22. The molecule has 5 heteroatoms. The van der Waals surface area contributed by atoms with Gasteiger partial charge in [0.2, 0.25) is 0 Å². The lowest BCUT2D eigenvalue weighted by atomic mass is 10.2. The maximum atomic E-state index is 9.10. The summed E-state index contributed by atoms with van der Waals surface area (Å²) in [7, 11) is 1.88. The van der Waals surface area contributed by atoms with E-state index in [9.17, 15) is 0 Å². The fourth-order valence-corrected chi connectivity index (χ4v) is 3.41. The Morgan fingerprint density at radius 2 is 2.41 bits per heavy atom. The van der Waals surface area contributed by atoms with Gasteiger partial charge in [0.15, 0.2) is 0 Å². The third-order valence-corrected chi connectivity index (χ3v) is 4.50. The number of nitriles is 1. The van der Waals surface area contributed by atoms with Gasteiger partial charge in [-0.25, -0.2) is 0 Å². The summed E-state index contributed by atoms with van der Waals surface area (Å²) in [5.74, 6) is 2.12. The van der Waals surface area contributed by atoms with Gasteiger partial charge in [-0.1, -0.05) is 6.42 Å². The molecule has 0 saturated carbocycles. The molecule has 1 aliphatic heterocycles. The van der Waals surface area contributed by atoms with Crippen LogP contribution in [0.4, 0.5) is 5.82 Å². The van der Waals surface area contributed by atoms with E-state index in [0.717, 1.165) is 18.1 Å². The van der Waals surface area contributed by atoms with Gasteiger partial charge >= 0.3 is 0 Å². The molecule has 17 heavy (non-hydrogen) atoms. The minimum absolute atomic E-state index is 0.672. The van der Waals surface area contributed by atoms with E-state index >= 15 is 0 Å². The van der Waals surface area contributed by atoms with Crippen molar-refractivity contribution < 1.29 is 0 Å². The first-order valence-corrected chi connectivity index (χ1v) is 7.06. The van der Waals surface area contributed by atoms with Crippen LogP contribution in [0.15, 0.2) is 0 Å². The third kappa shape index (κ3) is 2.75. The number of aryl methyl sites for hydroxylation is 2. The first-order chi connectivity index (χ1) is 8.22. The molecular weight excluding hydrogens is 232 g/mol. The van der Waals surface area contributed by atoms with E-state index in [1.165, 1.54) is 25.0 Å². The molecule has 1 fully saturated rings. The molecule has 0 aromatic carbocycles. The van der Waals surface area contributed by atoms with E-state index in [1.54, 1.807) is 4.68 Å². The molecule has 92 valence electrons. The minimum atomic E-state index is 0.672. The lowest BCUT2D eigenvalue weighted by molar-refractivity contribution is 0.672. The molecule has 0 aliphatic carbocycles. The first kappa shape index (κ1) is 12.3. The van der Waals surface area contributed by atoms with Crippen LogP contribution in [0.2, 0.25) is 0 Å². The van der Waals surface area contributed by atoms with E-state index in [-0.39, 0.29) is 0 Å². The first-order valence-electron chi connectivity index (χ1n) is 6.01. The maximum absolute atomic E-state index is 9.10. The van der Waals surface area contributed by atoms with Crippen LogP contribution in [0.1, 0.15) is 30.5 Å². The van der Waals surface area contributed by atoms with Crippen molar-refractivity contribution in [1.82, 2.24) is 9.78 Å². The zero-order valence-corrected chi connectivity index (χ0v) is 11.2. The molecule has 1 N–H and O–H groups in total. The highest BCUT2D eigenvalue weighted by atomic mass is 32.2. The molecule has 1 aliphatic rings. The average molecular weight is 250 g/mol. The van der Waals surface area contributed by atoms with Crippen LogP contribution >= 0.6 is 11.8 Å². The molecule has 1 unspecified atom stereocenters. The Kier molecular flexibility index (Phi) is 3.95. The number of thioether (sulfide) groups is 1. The second-order valence-electron chi connectivity index (χ2n) is 4.41. The second-order valence-corrected chi connectivity index (χ2v) is 5.82.